The van der Waals surface area contributed by atoms with Crippen molar-refractivity contribution < 1.29 is 19.4 Å². The molecule has 0 bridgehead atoms. The summed E-state index contributed by atoms with van der Waals surface area (Å²) in [5.74, 6) is -0.683. The van der Waals surface area contributed by atoms with Crippen molar-refractivity contribution in [3.8, 4) is 0 Å². The average Bonchev–Trinajstić information content (AvgIpc) is 2.60. The smallest absolute Gasteiger partial charge is 0.396 e. The van der Waals surface area contributed by atoms with E-state index in [1.807, 2.05) is 0 Å². The van der Waals surface area contributed by atoms with Gasteiger partial charge in [-0.15, -0.1) is 0 Å². The van der Waals surface area contributed by atoms with Gasteiger partial charge in [0.05, 0.1) is 6.61 Å². The minimum absolute atomic E-state index is 0.310. The average molecular weight is 370 g/mol. The highest BCUT2D eigenvalue weighted by Gasteiger charge is 1.98. The van der Waals surface area contributed by atoms with E-state index < -0.39 is 12.1 Å². The Hall–Kier alpha value is -1.75. The first kappa shape index (κ1) is 24.2. The third-order valence-electron chi connectivity index (χ3n) is 4.39. The van der Waals surface area contributed by atoms with Gasteiger partial charge in [-0.25, -0.2) is 4.79 Å². The topological polar surface area (TPSA) is 112 Å². The first-order valence-electron chi connectivity index (χ1n) is 10.1. The Morgan fingerprint density at radius 1 is 0.731 bits per heavy atom. The van der Waals surface area contributed by atoms with Gasteiger partial charge in [-0.05, 0) is 18.4 Å². The molecule has 0 rings (SSSR count). The first-order chi connectivity index (χ1) is 12.7. The lowest BCUT2D eigenvalue weighted by Crippen LogP contribution is -1.99. The van der Waals surface area contributed by atoms with Crippen LogP contribution >= 0.6 is 0 Å². The number of carboxylic acid groups (broad SMARTS) is 1. The highest BCUT2D eigenvalue weighted by atomic mass is 16.5. The molecule has 0 unspecified atom stereocenters. The van der Waals surface area contributed by atoms with Crippen LogP contribution in [0.3, 0.4) is 0 Å². The molecule has 0 atom stereocenters. The van der Waals surface area contributed by atoms with Crippen LogP contribution in [0, 0.1) is 0 Å². The maximum atomic E-state index is 10.8. The molecular weight excluding hydrogens is 334 g/mol. The summed E-state index contributed by atoms with van der Waals surface area (Å²) in [5, 5.41) is 11.4. The summed E-state index contributed by atoms with van der Waals surface area (Å²) in [6.45, 7) is 0.331. The van der Waals surface area contributed by atoms with E-state index >= 15 is 0 Å². The van der Waals surface area contributed by atoms with Crippen molar-refractivity contribution in [1.29, 1.82) is 0 Å². The van der Waals surface area contributed by atoms with Crippen LogP contribution in [0.1, 0.15) is 103 Å². The zero-order valence-electron chi connectivity index (χ0n) is 16.0. The largest absolute Gasteiger partial charge is 0.481 e. The second-order valence-electron chi connectivity index (χ2n) is 6.75. The maximum absolute atomic E-state index is 10.8. The van der Waals surface area contributed by atoms with Gasteiger partial charge in [0.25, 0.3) is 0 Å². The minimum Gasteiger partial charge on any atom is -0.481 e. The van der Waals surface area contributed by atoms with E-state index in [4.69, 9.17) is 15.4 Å². The summed E-state index contributed by atoms with van der Waals surface area (Å²) in [5.41, 5.74) is 8.04. The zero-order valence-corrected chi connectivity index (χ0v) is 16.0. The second kappa shape index (κ2) is 19.6. The highest BCUT2D eigenvalue weighted by Crippen LogP contribution is 2.13. The minimum atomic E-state index is -0.842. The summed E-state index contributed by atoms with van der Waals surface area (Å²) in [7, 11) is 0. The molecule has 1 N–H and O–H groups in total. The molecule has 26 heavy (non-hydrogen) atoms. The van der Waals surface area contributed by atoms with E-state index in [0.29, 0.717) is 13.0 Å². The molecule has 0 saturated heterocycles. The van der Waals surface area contributed by atoms with Crippen LogP contribution in [-0.2, 0) is 9.53 Å². The van der Waals surface area contributed by atoms with Crippen LogP contribution in [-0.4, -0.2) is 23.8 Å². The molecule has 150 valence electrons. The number of amides is 1. The molecule has 7 nitrogen and oxygen atoms in total. The number of hydrogen-bond donors (Lipinski definition) is 1. The predicted molar refractivity (Wildman–Crippen MR) is 102 cm³/mol. The third kappa shape index (κ3) is 20.3. The van der Waals surface area contributed by atoms with Crippen molar-refractivity contribution in [2.75, 3.05) is 6.61 Å². The summed E-state index contributed by atoms with van der Waals surface area (Å²) in [6.07, 6.45) is 17.0. The van der Waals surface area contributed by atoms with E-state index in [1.165, 1.54) is 57.8 Å². The molecule has 0 aromatic rings. The standard InChI is InChI=1S/C19H35N3O4/c20-22-21-19(25)26-17-15-13-11-9-7-5-3-1-2-4-6-8-10-12-14-16-18(23)24/h1-17H2,(H,23,24). The van der Waals surface area contributed by atoms with Gasteiger partial charge in [0.2, 0.25) is 0 Å². The molecule has 0 radical (unpaired) electrons. The number of azide groups is 1. The third-order valence-corrected chi connectivity index (χ3v) is 4.39. The Bertz CT molecular complexity index is 410. The molecule has 0 heterocycles. The van der Waals surface area contributed by atoms with E-state index in [-0.39, 0.29) is 0 Å². The number of unbranched alkanes of at least 4 members (excludes halogenated alkanes) is 14. The molecule has 0 aliphatic heterocycles. The summed E-state index contributed by atoms with van der Waals surface area (Å²) < 4.78 is 4.73. The van der Waals surface area contributed by atoms with Crippen LogP contribution in [0.4, 0.5) is 4.79 Å². The highest BCUT2D eigenvalue weighted by molar-refractivity contribution is 5.67. The van der Waals surface area contributed by atoms with E-state index in [1.54, 1.807) is 0 Å². The lowest BCUT2D eigenvalue weighted by Gasteiger charge is -2.04. The van der Waals surface area contributed by atoms with E-state index in [2.05, 4.69) is 10.0 Å². The van der Waals surface area contributed by atoms with E-state index in [0.717, 1.165) is 38.5 Å². The summed E-state index contributed by atoms with van der Waals surface area (Å²) >= 11 is 0. The maximum Gasteiger partial charge on any atom is 0.396 e. The molecule has 1 amide bonds. The van der Waals surface area contributed by atoms with Crippen molar-refractivity contribution in [3.05, 3.63) is 10.4 Å². The quantitative estimate of drug-likeness (QED) is 0.124. The van der Waals surface area contributed by atoms with Gasteiger partial charge in [-0.3, -0.25) is 4.79 Å². The van der Waals surface area contributed by atoms with Gasteiger partial charge in [0.15, 0.2) is 0 Å². The van der Waals surface area contributed by atoms with Crippen molar-refractivity contribution >= 4 is 12.1 Å². The molecular formula is C19H35N3O4. The molecule has 7 heteroatoms. The fraction of sp³-hybridized carbons (Fsp3) is 0.895. The SMILES string of the molecule is [N-]=[N+]=NC(=O)OCCCCCCCCCCCCCCCCCC(=O)O. The van der Waals surface area contributed by atoms with E-state index in [9.17, 15) is 9.59 Å². The van der Waals surface area contributed by atoms with Crippen LogP contribution in [0.5, 0.6) is 0 Å². The van der Waals surface area contributed by atoms with Crippen LogP contribution in [0.25, 0.3) is 10.4 Å². The molecule has 0 aliphatic carbocycles. The lowest BCUT2D eigenvalue weighted by atomic mass is 10.0. The molecule has 0 fully saturated rings. The second-order valence-corrected chi connectivity index (χ2v) is 6.75. The monoisotopic (exact) mass is 369 g/mol. The van der Waals surface area contributed by atoms with Crippen molar-refractivity contribution in [2.24, 2.45) is 5.11 Å². The van der Waals surface area contributed by atoms with Crippen LogP contribution in [0.2, 0.25) is 0 Å². The van der Waals surface area contributed by atoms with Gasteiger partial charge in [0, 0.05) is 16.4 Å². The fourth-order valence-electron chi connectivity index (χ4n) is 2.90. The normalized spacial score (nSPS) is 10.3. The number of nitrogens with zero attached hydrogens (tertiary/aromatic N) is 3. The predicted octanol–water partition coefficient (Wildman–Crippen LogP) is 6.76. The Kier molecular flexibility index (Phi) is 18.3. The van der Waals surface area contributed by atoms with Gasteiger partial charge < -0.3 is 9.84 Å². The zero-order chi connectivity index (χ0) is 19.3. The fourth-order valence-corrected chi connectivity index (χ4v) is 2.90. The number of aliphatic carboxylic acids is 1. The number of carbonyl (C=O) groups is 2. The van der Waals surface area contributed by atoms with Gasteiger partial charge in [0.1, 0.15) is 0 Å². The van der Waals surface area contributed by atoms with Crippen molar-refractivity contribution in [1.82, 2.24) is 0 Å². The Morgan fingerprint density at radius 2 is 1.12 bits per heavy atom. The number of carbonyl (C=O) groups excluding carboxylic acids is 1. The lowest BCUT2D eigenvalue weighted by molar-refractivity contribution is -0.137. The summed E-state index contributed by atoms with van der Waals surface area (Å²) in [6, 6.07) is 0. The van der Waals surface area contributed by atoms with Gasteiger partial charge in [-0.1, -0.05) is 83.5 Å². The molecule has 0 saturated carbocycles. The summed E-state index contributed by atoms with van der Waals surface area (Å²) in [4.78, 5) is 23.5. The van der Waals surface area contributed by atoms with Crippen molar-refractivity contribution in [3.63, 3.8) is 0 Å². The molecule has 0 aliphatic rings. The molecule has 0 aromatic carbocycles. The number of carboxylic acids is 1. The molecule has 0 spiro atoms. The van der Waals surface area contributed by atoms with Gasteiger partial charge in [-0.2, -0.15) is 0 Å². The van der Waals surface area contributed by atoms with Crippen LogP contribution < -0.4 is 0 Å². The molecule has 0 aromatic heterocycles. The Balaban J connectivity index is 3.08. The van der Waals surface area contributed by atoms with Gasteiger partial charge >= 0.3 is 12.1 Å². The first-order valence-corrected chi connectivity index (χ1v) is 10.1. The van der Waals surface area contributed by atoms with Crippen LogP contribution in [0.15, 0.2) is 5.11 Å². The Labute approximate surface area is 157 Å². The number of rotatable bonds is 18. The Morgan fingerprint density at radius 3 is 1.50 bits per heavy atom. The van der Waals surface area contributed by atoms with Crippen molar-refractivity contribution in [2.45, 2.75) is 103 Å². The number of ether oxygens (including phenoxy) is 1. The number of hydrogen-bond acceptors (Lipinski definition) is 3.